The van der Waals surface area contributed by atoms with Crippen molar-refractivity contribution < 1.29 is 14.1 Å². The summed E-state index contributed by atoms with van der Waals surface area (Å²) in [6.45, 7) is 2.23. The fourth-order valence-corrected chi connectivity index (χ4v) is 4.94. The van der Waals surface area contributed by atoms with Gasteiger partial charge in [-0.2, -0.15) is 0 Å². The van der Waals surface area contributed by atoms with E-state index in [0.29, 0.717) is 16.9 Å². The molecule has 2 atom stereocenters. The van der Waals surface area contributed by atoms with Crippen molar-refractivity contribution in [3.05, 3.63) is 65.2 Å². The van der Waals surface area contributed by atoms with Gasteiger partial charge in [0.05, 0.1) is 23.7 Å². The summed E-state index contributed by atoms with van der Waals surface area (Å²) in [5.74, 6) is 0.387. The van der Waals surface area contributed by atoms with Crippen molar-refractivity contribution in [2.24, 2.45) is 0 Å². The fraction of sp³-hybridized carbons (Fsp3) is 0.500. The second kappa shape index (κ2) is 14.4. The summed E-state index contributed by atoms with van der Waals surface area (Å²) in [7, 11) is 1.49. The van der Waals surface area contributed by atoms with Crippen LogP contribution in [0.15, 0.2) is 48.5 Å². The first kappa shape index (κ1) is 25.6. The predicted molar refractivity (Wildman–Crippen MR) is 130 cm³/mol. The summed E-state index contributed by atoms with van der Waals surface area (Å²) >= 11 is 6.70. The van der Waals surface area contributed by atoms with Crippen molar-refractivity contribution in [3.8, 4) is 5.75 Å². The molecule has 2 unspecified atom stereocenters. The largest absolute Gasteiger partial charge is 0.496 e. The van der Waals surface area contributed by atoms with Crippen LogP contribution in [0.5, 0.6) is 5.75 Å². The number of hydrogen-bond donors (Lipinski definition) is 0. The highest BCUT2D eigenvalue weighted by Crippen LogP contribution is 2.39. The lowest BCUT2D eigenvalue weighted by molar-refractivity contribution is 0.103. The van der Waals surface area contributed by atoms with Crippen LogP contribution in [0.25, 0.3) is 0 Å². The maximum Gasteiger partial charge on any atom is 0.197 e. The third-order valence-corrected chi connectivity index (χ3v) is 7.18. The van der Waals surface area contributed by atoms with Gasteiger partial charge >= 0.3 is 0 Å². The van der Waals surface area contributed by atoms with E-state index in [1.54, 1.807) is 25.3 Å². The van der Waals surface area contributed by atoms with Crippen LogP contribution in [0.2, 0.25) is 0 Å². The third kappa shape index (κ3) is 7.74. The van der Waals surface area contributed by atoms with Gasteiger partial charge in [-0.1, -0.05) is 94.7 Å². The van der Waals surface area contributed by atoms with Gasteiger partial charge in [-0.25, -0.2) is 0 Å². The van der Waals surface area contributed by atoms with Crippen molar-refractivity contribution in [2.75, 3.05) is 7.11 Å². The van der Waals surface area contributed by atoms with E-state index < -0.39 is 5.66 Å². The molecule has 2 aromatic rings. The summed E-state index contributed by atoms with van der Waals surface area (Å²) < 4.78 is 17.5. The quantitative estimate of drug-likeness (QED) is 0.116. The number of ketones is 1. The Kier molecular flexibility index (Phi) is 11.9. The van der Waals surface area contributed by atoms with Crippen LogP contribution in [0.1, 0.15) is 91.9 Å². The molecule has 0 aliphatic heterocycles. The number of alkyl halides is 1. The molecule has 0 spiro atoms. The SMILES string of the molecule is CCCCCCCCCCC(Cl)C(P=O)c1ccccc1C(=O)c1ccccc1OC. The number of hydrogen-bond acceptors (Lipinski definition) is 3. The van der Waals surface area contributed by atoms with Gasteiger partial charge in [0.15, 0.2) is 14.2 Å². The molecular formula is C26H34ClO3P. The topological polar surface area (TPSA) is 43.4 Å². The van der Waals surface area contributed by atoms with Gasteiger partial charge < -0.3 is 4.74 Å². The van der Waals surface area contributed by atoms with Gasteiger partial charge in [0.25, 0.3) is 0 Å². The van der Waals surface area contributed by atoms with Gasteiger partial charge in [-0.05, 0) is 24.1 Å². The zero-order chi connectivity index (χ0) is 22.5. The van der Waals surface area contributed by atoms with Gasteiger partial charge in [0.1, 0.15) is 5.75 Å². The molecule has 0 heterocycles. The van der Waals surface area contributed by atoms with Crippen molar-refractivity contribution in [2.45, 2.75) is 75.7 Å². The van der Waals surface area contributed by atoms with E-state index in [1.165, 1.54) is 38.5 Å². The number of carbonyl (C=O) groups is 1. The predicted octanol–water partition coefficient (Wildman–Crippen LogP) is 8.40. The fourth-order valence-electron chi connectivity index (χ4n) is 3.89. The number of methoxy groups -OCH3 is 1. The Hall–Kier alpha value is -1.70. The number of rotatable bonds is 15. The molecule has 0 aliphatic rings. The van der Waals surface area contributed by atoms with Gasteiger partial charge in [-0.15, -0.1) is 11.6 Å². The van der Waals surface area contributed by atoms with E-state index in [2.05, 4.69) is 6.92 Å². The van der Waals surface area contributed by atoms with Gasteiger partial charge in [-0.3, -0.25) is 9.36 Å². The zero-order valence-corrected chi connectivity index (χ0v) is 20.3. The molecule has 0 saturated heterocycles. The normalized spacial score (nSPS) is 13.1. The van der Waals surface area contributed by atoms with E-state index in [1.807, 2.05) is 30.3 Å². The lowest BCUT2D eigenvalue weighted by atomic mass is 9.93. The Bertz CT molecular complexity index is 824. The van der Waals surface area contributed by atoms with Crippen LogP contribution in [0.4, 0.5) is 0 Å². The van der Waals surface area contributed by atoms with Crippen LogP contribution in [0, 0.1) is 0 Å². The maximum absolute atomic E-state index is 13.3. The smallest absolute Gasteiger partial charge is 0.197 e. The highest BCUT2D eigenvalue weighted by Gasteiger charge is 2.27. The number of ether oxygens (including phenoxy) is 1. The first-order valence-electron chi connectivity index (χ1n) is 11.4. The van der Waals surface area contributed by atoms with E-state index in [0.717, 1.165) is 24.8 Å². The Labute approximate surface area is 193 Å². The van der Waals surface area contributed by atoms with E-state index in [9.17, 15) is 9.36 Å². The van der Waals surface area contributed by atoms with Crippen LogP contribution in [0.3, 0.4) is 0 Å². The number of halogens is 1. The highest BCUT2D eigenvalue weighted by atomic mass is 35.5. The monoisotopic (exact) mass is 460 g/mol. The molecule has 0 amide bonds. The molecule has 0 saturated carbocycles. The first-order valence-corrected chi connectivity index (χ1v) is 12.7. The Morgan fingerprint density at radius 3 is 2.13 bits per heavy atom. The number of para-hydroxylation sites is 1. The number of carbonyl (C=O) groups excluding carboxylic acids is 1. The molecule has 0 fully saturated rings. The number of unbranched alkanes of at least 4 members (excludes halogenated alkanes) is 7. The molecule has 0 aromatic heterocycles. The second-order valence-electron chi connectivity index (χ2n) is 7.95. The van der Waals surface area contributed by atoms with Gasteiger partial charge in [0.2, 0.25) is 0 Å². The zero-order valence-electron chi connectivity index (χ0n) is 18.7. The summed E-state index contributed by atoms with van der Waals surface area (Å²) in [5, 5.41) is -0.286. The standard InChI is InChI=1S/C26H34ClO3P/c1-3-4-5-6-7-8-9-10-18-23(27)26(31-29)21-16-12-11-15-20(21)25(28)22-17-13-14-19-24(22)30-2/h11-17,19,23,26H,3-10,18H2,1-2H3. The minimum Gasteiger partial charge on any atom is -0.496 e. The molecule has 5 heteroatoms. The van der Waals surface area contributed by atoms with Crippen molar-refractivity contribution >= 4 is 25.8 Å². The molecule has 2 aromatic carbocycles. The minimum atomic E-state index is -0.416. The summed E-state index contributed by atoms with van der Waals surface area (Å²) in [6, 6.07) is 14.5. The van der Waals surface area contributed by atoms with E-state index in [4.69, 9.17) is 16.3 Å². The lowest BCUT2D eigenvalue weighted by Gasteiger charge is -2.19. The number of benzene rings is 2. The minimum absolute atomic E-state index is 0.0614. The second-order valence-corrected chi connectivity index (χ2v) is 9.27. The molecule has 0 radical (unpaired) electrons. The van der Waals surface area contributed by atoms with Crippen LogP contribution >= 0.6 is 20.1 Å². The Morgan fingerprint density at radius 2 is 1.48 bits per heavy atom. The van der Waals surface area contributed by atoms with Gasteiger partial charge in [0, 0.05) is 5.56 Å². The third-order valence-electron chi connectivity index (χ3n) is 5.67. The van der Waals surface area contributed by atoms with Crippen LogP contribution < -0.4 is 4.74 Å². The van der Waals surface area contributed by atoms with E-state index >= 15 is 0 Å². The van der Waals surface area contributed by atoms with E-state index in [-0.39, 0.29) is 19.6 Å². The lowest BCUT2D eigenvalue weighted by Crippen LogP contribution is -2.14. The molecule has 31 heavy (non-hydrogen) atoms. The summed E-state index contributed by atoms with van der Waals surface area (Å²) in [4.78, 5) is 13.3. The summed E-state index contributed by atoms with van der Waals surface area (Å²) in [5.41, 5.74) is 1.34. The van der Waals surface area contributed by atoms with Crippen molar-refractivity contribution in [3.63, 3.8) is 0 Å². The molecule has 0 bridgehead atoms. The Balaban J connectivity index is 2.03. The van der Waals surface area contributed by atoms with Crippen LogP contribution in [-0.4, -0.2) is 18.3 Å². The highest BCUT2D eigenvalue weighted by molar-refractivity contribution is 7.24. The first-order chi connectivity index (χ1) is 15.1. The average Bonchev–Trinajstić information content (AvgIpc) is 2.81. The maximum atomic E-state index is 13.3. The van der Waals surface area contributed by atoms with Crippen molar-refractivity contribution in [1.82, 2.24) is 0 Å². The molecule has 0 aliphatic carbocycles. The summed E-state index contributed by atoms with van der Waals surface area (Å²) in [6.07, 6.45) is 10.6. The molecule has 0 N–H and O–H groups in total. The average molecular weight is 461 g/mol. The molecule has 2 rings (SSSR count). The molecule has 168 valence electrons. The molecular weight excluding hydrogens is 427 g/mol. The molecule has 3 nitrogen and oxygen atoms in total. The van der Waals surface area contributed by atoms with Crippen LogP contribution in [-0.2, 0) is 4.57 Å². The Morgan fingerprint density at radius 1 is 0.903 bits per heavy atom. The van der Waals surface area contributed by atoms with Crippen molar-refractivity contribution in [1.29, 1.82) is 0 Å².